The van der Waals surface area contributed by atoms with Crippen LogP contribution in [0.15, 0.2) is 59.5 Å². The van der Waals surface area contributed by atoms with Crippen molar-refractivity contribution in [1.29, 1.82) is 0 Å². The van der Waals surface area contributed by atoms with E-state index >= 15 is 0 Å². The van der Waals surface area contributed by atoms with Crippen LogP contribution in [0.1, 0.15) is 0 Å². The number of aromatic nitrogens is 2. The number of fused-ring (bicyclic) bond motifs is 1. The van der Waals surface area contributed by atoms with E-state index in [1.807, 2.05) is 54.6 Å². The fraction of sp³-hybridized carbons (Fsp3) is 0. The Morgan fingerprint density at radius 2 is 1.72 bits per heavy atom. The van der Waals surface area contributed by atoms with E-state index < -0.39 is 0 Å². The quantitative estimate of drug-likeness (QED) is 0.495. The van der Waals surface area contributed by atoms with Crippen molar-refractivity contribution < 1.29 is 0 Å². The van der Waals surface area contributed by atoms with Gasteiger partial charge in [-0.2, -0.15) is 9.93 Å². The van der Waals surface area contributed by atoms with Gasteiger partial charge in [-0.3, -0.25) is 10.5 Å². The highest BCUT2D eigenvalue weighted by Gasteiger charge is 2.03. The number of aromatic amines is 1. The Morgan fingerprint density at radius 1 is 0.944 bits per heavy atom. The maximum atomic E-state index is 4.21. The van der Waals surface area contributed by atoms with Gasteiger partial charge in [0.05, 0.1) is 5.52 Å². The summed E-state index contributed by atoms with van der Waals surface area (Å²) in [5, 5.41) is 8.26. The summed E-state index contributed by atoms with van der Waals surface area (Å²) in [6.45, 7) is 0. The van der Waals surface area contributed by atoms with Gasteiger partial charge in [0.1, 0.15) is 0 Å². The van der Waals surface area contributed by atoms with Gasteiger partial charge >= 0.3 is 0 Å². The molecule has 0 fully saturated rings. The molecule has 5 heteroatoms. The minimum atomic E-state index is 0.800. The highest BCUT2D eigenvalue weighted by atomic mass is 32.2. The Kier molecular flexibility index (Phi) is 3.16. The van der Waals surface area contributed by atoms with Crippen LogP contribution >= 0.6 is 11.9 Å². The summed E-state index contributed by atoms with van der Waals surface area (Å²) < 4.78 is 0. The van der Waals surface area contributed by atoms with E-state index in [1.165, 1.54) is 11.9 Å². The fourth-order valence-corrected chi connectivity index (χ4v) is 2.24. The number of H-pyrrole nitrogens is 1. The number of hydrazine groups is 1. The molecule has 0 radical (unpaired) electrons. The minimum absolute atomic E-state index is 0.800. The number of nitrogens with one attached hydrogen (secondary N) is 3. The van der Waals surface area contributed by atoms with Crippen LogP contribution in [-0.2, 0) is 0 Å². The average molecular weight is 256 g/mol. The van der Waals surface area contributed by atoms with Gasteiger partial charge in [-0.1, -0.05) is 30.3 Å². The molecule has 0 saturated carbocycles. The molecule has 0 spiro atoms. The molecular weight excluding hydrogens is 244 g/mol. The number of hydrogen-bond donors (Lipinski definition) is 3. The molecule has 2 aromatic carbocycles. The Morgan fingerprint density at radius 3 is 2.61 bits per heavy atom. The van der Waals surface area contributed by atoms with E-state index in [0.29, 0.717) is 0 Å². The van der Waals surface area contributed by atoms with Crippen molar-refractivity contribution >= 4 is 28.7 Å². The van der Waals surface area contributed by atoms with Crippen molar-refractivity contribution in [3.05, 3.63) is 54.6 Å². The lowest BCUT2D eigenvalue weighted by Gasteiger charge is -2.04. The van der Waals surface area contributed by atoms with Gasteiger partial charge < -0.3 is 0 Å². The largest absolute Gasteiger partial charge is 0.294 e. The summed E-state index contributed by atoms with van der Waals surface area (Å²) in [6, 6.07) is 18.1. The minimum Gasteiger partial charge on any atom is -0.294 e. The van der Waals surface area contributed by atoms with Gasteiger partial charge in [0, 0.05) is 10.3 Å². The molecule has 0 aliphatic heterocycles. The SMILES string of the molecule is c1ccc(SNNc2n[nH]c3ccccc23)cc1. The van der Waals surface area contributed by atoms with Crippen LogP contribution in [0.5, 0.6) is 0 Å². The zero-order valence-electron chi connectivity index (χ0n) is 9.55. The Balaban J connectivity index is 1.67. The third-order valence-corrected chi connectivity index (χ3v) is 3.26. The first-order valence-electron chi connectivity index (χ1n) is 5.59. The zero-order chi connectivity index (χ0) is 12.2. The molecule has 4 nitrogen and oxygen atoms in total. The standard InChI is InChI=1S/C13H12N4S/c1-2-6-10(7-3-1)18-17-16-13-11-8-4-5-9-12(11)14-15-13/h1-9,17H,(H2,14,15,16). The Bertz CT molecular complexity index is 636. The summed E-state index contributed by atoms with van der Waals surface area (Å²) >= 11 is 1.51. The third kappa shape index (κ3) is 2.32. The molecule has 18 heavy (non-hydrogen) atoms. The molecule has 3 aromatic rings. The smallest absolute Gasteiger partial charge is 0.170 e. The second kappa shape index (κ2) is 5.12. The molecular formula is C13H12N4S. The second-order valence-electron chi connectivity index (χ2n) is 3.76. The molecule has 1 aromatic heterocycles. The number of anilines is 1. The van der Waals surface area contributed by atoms with Crippen LogP contribution < -0.4 is 10.3 Å². The predicted octanol–water partition coefficient (Wildman–Crippen LogP) is 3.19. The molecule has 0 amide bonds. The Labute approximate surface area is 109 Å². The molecule has 3 N–H and O–H groups in total. The van der Waals surface area contributed by atoms with Crippen molar-refractivity contribution in [2.75, 3.05) is 5.43 Å². The molecule has 1 heterocycles. The molecule has 3 rings (SSSR count). The van der Waals surface area contributed by atoms with Crippen LogP contribution in [0.2, 0.25) is 0 Å². The maximum Gasteiger partial charge on any atom is 0.170 e. The summed E-state index contributed by atoms with van der Waals surface area (Å²) in [4.78, 5) is 4.22. The lowest BCUT2D eigenvalue weighted by atomic mass is 10.2. The number of hydrogen-bond acceptors (Lipinski definition) is 4. The van der Waals surface area contributed by atoms with E-state index in [0.717, 1.165) is 21.6 Å². The summed E-state index contributed by atoms with van der Waals surface area (Å²) in [7, 11) is 0. The third-order valence-electron chi connectivity index (χ3n) is 2.55. The lowest BCUT2D eigenvalue weighted by molar-refractivity contribution is 1.08. The van der Waals surface area contributed by atoms with E-state index in [2.05, 4.69) is 20.5 Å². The highest BCUT2D eigenvalue weighted by Crippen LogP contribution is 2.20. The van der Waals surface area contributed by atoms with Gasteiger partial charge in [-0.25, -0.2) is 0 Å². The molecule has 0 bridgehead atoms. The van der Waals surface area contributed by atoms with Crippen LogP contribution in [-0.4, -0.2) is 10.2 Å². The van der Waals surface area contributed by atoms with Crippen LogP contribution in [0.25, 0.3) is 10.9 Å². The molecule has 0 saturated heterocycles. The van der Waals surface area contributed by atoms with Crippen molar-refractivity contribution in [3.63, 3.8) is 0 Å². The normalized spacial score (nSPS) is 10.7. The number of para-hydroxylation sites is 1. The van der Waals surface area contributed by atoms with Gasteiger partial charge in [0.25, 0.3) is 0 Å². The maximum absolute atomic E-state index is 4.21. The van der Waals surface area contributed by atoms with Crippen LogP contribution in [0.3, 0.4) is 0 Å². The first-order chi connectivity index (χ1) is 8.93. The van der Waals surface area contributed by atoms with Crippen molar-refractivity contribution in [3.8, 4) is 0 Å². The van der Waals surface area contributed by atoms with Crippen molar-refractivity contribution in [2.45, 2.75) is 4.90 Å². The van der Waals surface area contributed by atoms with E-state index in [-0.39, 0.29) is 0 Å². The molecule has 90 valence electrons. The first-order valence-corrected chi connectivity index (χ1v) is 6.41. The predicted molar refractivity (Wildman–Crippen MR) is 75.2 cm³/mol. The summed E-state index contributed by atoms with van der Waals surface area (Å²) in [5.74, 6) is 0.800. The lowest BCUT2D eigenvalue weighted by Crippen LogP contribution is -2.13. The average Bonchev–Trinajstić information content (AvgIpc) is 2.84. The number of rotatable bonds is 4. The number of nitrogens with zero attached hydrogens (tertiary/aromatic N) is 1. The zero-order valence-corrected chi connectivity index (χ0v) is 10.4. The molecule has 0 aliphatic rings. The van der Waals surface area contributed by atoms with Gasteiger partial charge in [0.2, 0.25) is 0 Å². The summed E-state index contributed by atoms with van der Waals surface area (Å²) in [5.41, 5.74) is 4.11. The van der Waals surface area contributed by atoms with Crippen LogP contribution in [0.4, 0.5) is 5.82 Å². The monoisotopic (exact) mass is 256 g/mol. The number of benzene rings is 2. The topological polar surface area (TPSA) is 52.7 Å². The van der Waals surface area contributed by atoms with Crippen molar-refractivity contribution in [2.24, 2.45) is 0 Å². The van der Waals surface area contributed by atoms with E-state index in [4.69, 9.17) is 0 Å². The molecule has 0 aliphatic carbocycles. The highest BCUT2D eigenvalue weighted by molar-refractivity contribution is 7.97. The van der Waals surface area contributed by atoms with Gasteiger partial charge in [-0.05, 0) is 36.2 Å². The van der Waals surface area contributed by atoms with Crippen LogP contribution in [0, 0.1) is 0 Å². The second-order valence-corrected chi connectivity index (χ2v) is 4.64. The van der Waals surface area contributed by atoms with Gasteiger partial charge in [0.15, 0.2) is 5.82 Å². The Hall–Kier alpha value is -1.98. The molecule has 0 unspecified atom stereocenters. The fourth-order valence-electron chi connectivity index (χ4n) is 1.68. The molecule has 0 atom stereocenters. The van der Waals surface area contributed by atoms with Gasteiger partial charge in [-0.15, -0.1) is 0 Å². The first kappa shape index (κ1) is 11.1. The van der Waals surface area contributed by atoms with E-state index in [9.17, 15) is 0 Å². The summed E-state index contributed by atoms with van der Waals surface area (Å²) in [6.07, 6.45) is 0. The van der Waals surface area contributed by atoms with E-state index in [1.54, 1.807) is 0 Å². The van der Waals surface area contributed by atoms with Crippen molar-refractivity contribution in [1.82, 2.24) is 15.0 Å².